The highest BCUT2D eigenvalue weighted by Crippen LogP contribution is 2.19. The molecule has 0 spiro atoms. The molecule has 0 atom stereocenters. The Balaban J connectivity index is 2.86. The van der Waals surface area contributed by atoms with Crippen molar-refractivity contribution in [1.82, 2.24) is 0 Å². The van der Waals surface area contributed by atoms with Crippen molar-refractivity contribution in [2.75, 3.05) is 18.5 Å². The molecule has 0 saturated heterocycles. The molecule has 13 heavy (non-hydrogen) atoms. The summed E-state index contributed by atoms with van der Waals surface area (Å²) >= 11 is 0. The highest BCUT2D eigenvalue weighted by Gasteiger charge is 2.23. The quantitative estimate of drug-likeness (QED) is 0.674. The number of rotatable bonds is 3. The van der Waals surface area contributed by atoms with Gasteiger partial charge in [-0.05, 0) is 5.92 Å². The van der Waals surface area contributed by atoms with Crippen LogP contribution in [0.3, 0.4) is 0 Å². The van der Waals surface area contributed by atoms with Crippen LogP contribution in [0, 0.1) is 5.92 Å². The Hall–Kier alpha value is -1.32. The maximum Gasteiger partial charge on any atom is 0.271 e. The van der Waals surface area contributed by atoms with Crippen molar-refractivity contribution in [1.29, 1.82) is 0 Å². The van der Waals surface area contributed by atoms with E-state index in [1.807, 2.05) is 13.8 Å². The molecule has 0 bridgehead atoms. The van der Waals surface area contributed by atoms with E-state index in [0.29, 0.717) is 12.5 Å². The molecule has 0 unspecified atom stereocenters. The van der Waals surface area contributed by atoms with Gasteiger partial charge in [0.25, 0.3) is 10.9 Å². The largest absolute Gasteiger partial charge is 0.502 e. The molecule has 0 aliphatic rings. The molecule has 1 aromatic rings. The third-order valence-electron chi connectivity index (χ3n) is 1.88. The van der Waals surface area contributed by atoms with Crippen molar-refractivity contribution in [3.63, 3.8) is 0 Å². The van der Waals surface area contributed by atoms with Crippen LogP contribution < -0.4 is 15.8 Å². The third kappa shape index (κ3) is 1.56. The van der Waals surface area contributed by atoms with Crippen LogP contribution in [-0.4, -0.2) is 18.7 Å². The fraction of sp³-hybridized carbons (Fsp3) is 0.556. The van der Waals surface area contributed by atoms with Gasteiger partial charge in [0.05, 0.1) is 0 Å². The molecule has 4 nitrogen and oxygen atoms in total. The lowest BCUT2D eigenvalue weighted by Gasteiger charge is -2.22. The average Bonchev–Trinajstić information content (AvgIpc) is 2.02. The van der Waals surface area contributed by atoms with Crippen molar-refractivity contribution in [2.45, 2.75) is 13.8 Å². The summed E-state index contributed by atoms with van der Waals surface area (Å²) in [5, 5.41) is 9.10. The Morgan fingerprint density at radius 2 is 1.85 bits per heavy atom. The second-order valence-corrected chi connectivity index (χ2v) is 3.63. The van der Waals surface area contributed by atoms with Gasteiger partial charge in [-0.1, -0.05) is 13.8 Å². The molecule has 0 radical (unpaired) electrons. The Morgan fingerprint density at radius 1 is 1.31 bits per heavy atom. The minimum Gasteiger partial charge on any atom is -0.502 e. The van der Waals surface area contributed by atoms with E-state index < -0.39 is 16.6 Å². The van der Waals surface area contributed by atoms with Gasteiger partial charge in [0.1, 0.15) is 5.69 Å². The fourth-order valence-electron chi connectivity index (χ4n) is 1.36. The molecule has 0 aliphatic carbocycles. The van der Waals surface area contributed by atoms with E-state index in [9.17, 15) is 9.59 Å². The van der Waals surface area contributed by atoms with Gasteiger partial charge in [0.2, 0.25) is 0 Å². The molecule has 1 rings (SSSR count). The Labute approximate surface area is 76.1 Å². The molecular formula is C9H13NO3. The van der Waals surface area contributed by atoms with E-state index in [1.54, 1.807) is 11.9 Å². The van der Waals surface area contributed by atoms with Crippen molar-refractivity contribution in [3.05, 3.63) is 20.4 Å². The number of hydrogen-bond acceptors (Lipinski definition) is 4. The number of nitrogens with zero attached hydrogens (tertiary/aromatic N) is 1. The standard InChI is InChI=1S/C9H13NO3/c1-5(2)4-10(3)6-7(11)9(13)8(6)12/h5,11H,4H2,1-3H3. The molecule has 0 amide bonds. The number of hydrogen-bond donors (Lipinski definition) is 1. The van der Waals surface area contributed by atoms with Crippen LogP contribution in [0.15, 0.2) is 9.59 Å². The van der Waals surface area contributed by atoms with Gasteiger partial charge in [-0.3, -0.25) is 9.59 Å². The van der Waals surface area contributed by atoms with Crippen molar-refractivity contribution >= 4 is 5.69 Å². The lowest BCUT2D eigenvalue weighted by Crippen LogP contribution is -2.39. The summed E-state index contributed by atoms with van der Waals surface area (Å²) in [5.41, 5.74) is -1.20. The van der Waals surface area contributed by atoms with Crippen LogP contribution in [0.2, 0.25) is 0 Å². The normalized spacial score (nSPS) is 11.1. The van der Waals surface area contributed by atoms with Crippen molar-refractivity contribution in [3.8, 4) is 5.75 Å². The second kappa shape index (κ2) is 3.20. The summed E-state index contributed by atoms with van der Waals surface area (Å²) in [4.78, 5) is 23.3. The predicted molar refractivity (Wildman–Crippen MR) is 51.1 cm³/mol. The van der Waals surface area contributed by atoms with Crippen molar-refractivity contribution < 1.29 is 5.11 Å². The summed E-state index contributed by atoms with van der Waals surface area (Å²) < 4.78 is 0. The van der Waals surface area contributed by atoms with Gasteiger partial charge in [0.15, 0.2) is 5.75 Å². The van der Waals surface area contributed by atoms with E-state index >= 15 is 0 Å². The van der Waals surface area contributed by atoms with Gasteiger partial charge in [-0.2, -0.15) is 0 Å². The minimum absolute atomic E-state index is 0.152. The van der Waals surface area contributed by atoms with E-state index in [-0.39, 0.29) is 5.69 Å². The molecule has 0 fully saturated rings. The zero-order valence-corrected chi connectivity index (χ0v) is 8.00. The second-order valence-electron chi connectivity index (χ2n) is 3.63. The van der Waals surface area contributed by atoms with Crippen LogP contribution in [0.25, 0.3) is 0 Å². The molecule has 0 saturated carbocycles. The van der Waals surface area contributed by atoms with Crippen LogP contribution in [0.5, 0.6) is 5.75 Å². The Kier molecular flexibility index (Phi) is 2.40. The average molecular weight is 183 g/mol. The summed E-state index contributed by atoms with van der Waals surface area (Å²) in [7, 11) is 1.69. The van der Waals surface area contributed by atoms with E-state index in [1.165, 1.54) is 0 Å². The van der Waals surface area contributed by atoms with Gasteiger partial charge in [0, 0.05) is 13.6 Å². The van der Waals surface area contributed by atoms with Gasteiger partial charge >= 0.3 is 0 Å². The monoisotopic (exact) mass is 183 g/mol. The summed E-state index contributed by atoms with van der Waals surface area (Å²) in [6.45, 7) is 4.65. The summed E-state index contributed by atoms with van der Waals surface area (Å²) in [5.74, 6) is -0.0121. The highest BCUT2D eigenvalue weighted by molar-refractivity contribution is 5.62. The van der Waals surface area contributed by atoms with Crippen LogP contribution in [0.1, 0.15) is 13.8 Å². The fourth-order valence-corrected chi connectivity index (χ4v) is 1.36. The highest BCUT2D eigenvalue weighted by atomic mass is 16.3. The van der Waals surface area contributed by atoms with Crippen LogP contribution in [0.4, 0.5) is 5.69 Å². The van der Waals surface area contributed by atoms with E-state index in [2.05, 4.69) is 0 Å². The first-order valence-electron chi connectivity index (χ1n) is 4.18. The van der Waals surface area contributed by atoms with Crippen LogP contribution in [-0.2, 0) is 0 Å². The molecule has 1 N–H and O–H groups in total. The van der Waals surface area contributed by atoms with Gasteiger partial charge < -0.3 is 10.0 Å². The molecule has 0 aliphatic heterocycles. The first-order valence-corrected chi connectivity index (χ1v) is 4.18. The minimum atomic E-state index is -0.773. The Bertz CT molecular complexity index is 374. The lowest BCUT2D eigenvalue weighted by atomic mass is 10.1. The zero-order valence-electron chi connectivity index (χ0n) is 8.00. The van der Waals surface area contributed by atoms with Crippen LogP contribution >= 0.6 is 0 Å². The van der Waals surface area contributed by atoms with E-state index in [0.717, 1.165) is 0 Å². The SMILES string of the molecule is CC(C)CN(C)c1c(O)c(=O)c1=O. The Morgan fingerprint density at radius 3 is 2.23 bits per heavy atom. The number of anilines is 1. The lowest BCUT2D eigenvalue weighted by molar-refractivity contribution is 0.460. The maximum atomic E-state index is 11.0. The molecule has 4 heteroatoms. The molecular weight excluding hydrogens is 170 g/mol. The summed E-state index contributed by atoms with van der Waals surface area (Å²) in [6, 6.07) is 0. The smallest absolute Gasteiger partial charge is 0.271 e. The summed E-state index contributed by atoms with van der Waals surface area (Å²) in [6.07, 6.45) is 0. The molecule has 72 valence electrons. The topological polar surface area (TPSA) is 57.6 Å². The first-order chi connectivity index (χ1) is 5.95. The van der Waals surface area contributed by atoms with Gasteiger partial charge in [-0.25, -0.2) is 0 Å². The third-order valence-corrected chi connectivity index (χ3v) is 1.88. The van der Waals surface area contributed by atoms with Gasteiger partial charge in [-0.15, -0.1) is 0 Å². The predicted octanol–water partition coefficient (Wildman–Crippen LogP) is 0.0804. The van der Waals surface area contributed by atoms with E-state index in [4.69, 9.17) is 5.11 Å². The maximum absolute atomic E-state index is 11.0. The zero-order chi connectivity index (χ0) is 10.2. The molecule has 0 heterocycles. The molecule has 0 aromatic heterocycles. The van der Waals surface area contributed by atoms with Crippen molar-refractivity contribution in [2.24, 2.45) is 5.92 Å². The number of aromatic hydroxyl groups is 1. The first kappa shape index (κ1) is 9.77. The molecule has 1 aromatic carbocycles.